The van der Waals surface area contributed by atoms with Crippen LogP contribution in [0.4, 0.5) is 8.78 Å². The quantitative estimate of drug-likeness (QED) is 0.634. The number of hydrogen-bond donors (Lipinski definition) is 0. The second kappa shape index (κ2) is 5.84. The van der Waals surface area contributed by atoms with Crippen molar-refractivity contribution >= 4 is 13.4 Å². The molecule has 7 heteroatoms. The molecule has 0 saturated carbocycles. The first-order valence-corrected chi connectivity index (χ1v) is 6.69. The van der Waals surface area contributed by atoms with Gasteiger partial charge >= 0.3 is 5.92 Å². The Hall–Kier alpha value is -0.320. The van der Waals surface area contributed by atoms with Crippen LogP contribution in [0.2, 0.25) is 0 Å². The third-order valence-electron chi connectivity index (χ3n) is 2.02. The minimum atomic E-state index is -5.20. The number of alkyl halides is 2. The van der Waals surface area contributed by atoms with Gasteiger partial charge < -0.3 is 14.4 Å². The Morgan fingerprint density at radius 1 is 1.38 bits per heavy atom. The maximum Gasteiger partial charge on any atom is 0.305 e. The second-order valence-corrected chi connectivity index (χ2v) is 5.72. The van der Waals surface area contributed by atoms with E-state index in [4.69, 9.17) is 0 Å². The smallest absolute Gasteiger partial charge is 0.305 e. The van der Waals surface area contributed by atoms with E-state index in [1.54, 1.807) is 0 Å². The highest BCUT2D eigenvalue weighted by molar-refractivity contribution is 7.49. The first-order chi connectivity index (χ1) is 7.04. The van der Waals surface area contributed by atoms with Crippen LogP contribution in [0.1, 0.15) is 33.1 Å². The number of Topliss-reactive ketones (excluding diaryl/α,β-unsaturated/α-hetero) is 1. The van der Waals surface area contributed by atoms with Crippen LogP contribution < -0.4 is 9.79 Å². The van der Waals surface area contributed by atoms with Gasteiger partial charge in [-0.25, -0.2) is 0 Å². The van der Waals surface area contributed by atoms with Crippen molar-refractivity contribution in [3.05, 3.63) is 0 Å². The van der Waals surface area contributed by atoms with Crippen molar-refractivity contribution in [2.45, 2.75) is 39.0 Å². The first kappa shape index (κ1) is 15.7. The Balaban J connectivity index is 4.21. The normalized spacial score (nSPS) is 13.2. The zero-order chi connectivity index (χ0) is 13.0. The molecule has 0 heterocycles. The van der Waals surface area contributed by atoms with Gasteiger partial charge in [0.2, 0.25) is 5.78 Å². The van der Waals surface area contributed by atoms with Crippen molar-refractivity contribution in [3.8, 4) is 0 Å². The molecule has 0 amide bonds. The van der Waals surface area contributed by atoms with Crippen LogP contribution in [0.15, 0.2) is 0 Å². The molecule has 0 bridgehead atoms. The van der Waals surface area contributed by atoms with E-state index in [2.05, 4.69) is 0 Å². The van der Waals surface area contributed by atoms with E-state index >= 15 is 0 Å². The van der Waals surface area contributed by atoms with Gasteiger partial charge in [-0.2, -0.15) is 8.78 Å². The molecule has 0 aliphatic carbocycles. The van der Waals surface area contributed by atoms with Crippen LogP contribution in [0.25, 0.3) is 0 Å². The number of carbonyl (C=O) groups excluding carboxylic acids is 1. The lowest BCUT2D eigenvalue weighted by molar-refractivity contribution is -0.313. The highest BCUT2D eigenvalue weighted by atomic mass is 31.2. The molecule has 0 N–H and O–H groups in total. The summed E-state index contributed by atoms with van der Waals surface area (Å²) in [5, 5.41) is 0. The molecule has 0 atom stereocenters. The van der Waals surface area contributed by atoms with E-state index in [9.17, 15) is 27.9 Å². The SMILES string of the molecule is CC(C)CCCC(F)(F)C(=O)CP(=O)([O-])[O-]. The maximum absolute atomic E-state index is 13.0. The molecule has 0 unspecified atom stereocenters. The molecule has 0 aromatic rings. The molecule has 16 heavy (non-hydrogen) atoms. The molecule has 0 radical (unpaired) electrons. The molecule has 4 nitrogen and oxygen atoms in total. The summed E-state index contributed by atoms with van der Waals surface area (Å²) in [5.41, 5.74) is 0. The number of carbonyl (C=O) groups is 1. The monoisotopic (exact) mass is 256 g/mol. The zero-order valence-corrected chi connectivity index (χ0v) is 10.1. The second-order valence-electron chi connectivity index (χ2n) is 4.18. The van der Waals surface area contributed by atoms with Gasteiger partial charge in [-0.15, -0.1) is 0 Å². The average molecular weight is 256 g/mol. The van der Waals surface area contributed by atoms with E-state index in [-0.39, 0.29) is 12.3 Å². The Labute approximate surface area is 93.2 Å². The summed E-state index contributed by atoms with van der Waals surface area (Å²) in [4.78, 5) is 31.2. The third kappa shape index (κ3) is 7.04. The predicted molar refractivity (Wildman–Crippen MR) is 51.1 cm³/mol. The van der Waals surface area contributed by atoms with Gasteiger partial charge in [0.15, 0.2) is 0 Å². The van der Waals surface area contributed by atoms with Gasteiger partial charge in [-0.3, -0.25) is 4.79 Å². The minimum absolute atomic E-state index is 0.123. The summed E-state index contributed by atoms with van der Waals surface area (Å²) in [6.07, 6.45) is -1.67. The number of rotatable bonds is 7. The van der Waals surface area contributed by atoms with Crippen LogP contribution in [0.3, 0.4) is 0 Å². The Morgan fingerprint density at radius 2 is 1.88 bits per heavy atom. The van der Waals surface area contributed by atoms with E-state index in [1.807, 2.05) is 13.8 Å². The molecule has 0 saturated heterocycles. The highest BCUT2D eigenvalue weighted by Gasteiger charge is 2.37. The van der Waals surface area contributed by atoms with Crippen molar-refractivity contribution in [1.29, 1.82) is 0 Å². The van der Waals surface area contributed by atoms with Gasteiger partial charge in [0, 0.05) is 12.6 Å². The molecule has 0 aliphatic heterocycles. The van der Waals surface area contributed by atoms with Crippen molar-refractivity contribution < 1.29 is 27.9 Å². The first-order valence-electron chi connectivity index (χ1n) is 4.97. The molecule has 0 aliphatic rings. The van der Waals surface area contributed by atoms with Gasteiger partial charge in [0.25, 0.3) is 0 Å². The lowest BCUT2D eigenvalue weighted by atomic mass is 10.0. The summed E-state index contributed by atoms with van der Waals surface area (Å²) >= 11 is 0. The van der Waals surface area contributed by atoms with Crippen LogP contribution in [0.5, 0.6) is 0 Å². The van der Waals surface area contributed by atoms with Crippen LogP contribution in [-0.4, -0.2) is 17.9 Å². The minimum Gasteiger partial charge on any atom is -0.810 e. The summed E-state index contributed by atoms with van der Waals surface area (Å²) in [6, 6.07) is 0. The van der Waals surface area contributed by atoms with Gasteiger partial charge in [0.05, 0.1) is 0 Å². The molecular weight excluding hydrogens is 241 g/mol. The fourth-order valence-corrected chi connectivity index (χ4v) is 1.75. The topological polar surface area (TPSA) is 80.3 Å². The summed E-state index contributed by atoms with van der Waals surface area (Å²) < 4.78 is 36.3. The molecule has 0 fully saturated rings. The Morgan fingerprint density at radius 3 is 2.25 bits per heavy atom. The third-order valence-corrected chi connectivity index (χ3v) is 2.69. The van der Waals surface area contributed by atoms with Crippen molar-refractivity contribution in [3.63, 3.8) is 0 Å². The predicted octanol–water partition coefficient (Wildman–Crippen LogP) is 0.931. The van der Waals surface area contributed by atoms with Crippen LogP contribution in [-0.2, 0) is 9.36 Å². The van der Waals surface area contributed by atoms with E-state index in [0.29, 0.717) is 6.42 Å². The molecule has 0 aromatic heterocycles. The fraction of sp³-hybridized carbons (Fsp3) is 0.889. The fourth-order valence-electron chi connectivity index (χ4n) is 1.16. The van der Waals surface area contributed by atoms with Gasteiger partial charge in [-0.1, -0.05) is 27.9 Å². The van der Waals surface area contributed by atoms with E-state index < -0.39 is 31.9 Å². The maximum atomic E-state index is 13.0. The summed E-state index contributed by atoms with van der Waals surface area (Å²) in [5.74, 6) is -5.28. The lowest BCUT2D eigenvalue weighted by Crippen LogP contribution is -2.34. The molecule has 96 valence electrons. The van der Waals surface area contributed by atoms with E-state index in [0.717, 1.165) is 0 Å². The van der Waals surface area contributed by atoms with Crippen molar-refractivity contribution in [2.75, 3.05) is 6.16 Å². The molecular formula is C9H15F2O4P-2. The van der Waals surface area contributed by atoms with Crippen molar-refractivity contribution in [1.82, 2.24) is 0 Å². The number of ketones is 1. The summed E-state index contributed by atoms with van der Waals surface area (Å²) in [6.45, 7) is 3.70. The largest absolute Gasteiger partial charge is 0.810 e. The van der Waals surface area contributed by atoms with E-state index in [1.165, 1.54) is 0 Å². The zero-order valence-electron chi connectivity index (χ0n) is 9.24. The van der Waals surface area contributed by atoms with Crippen molar-refractivity contribution in [2.24, 2.45) is 5.92 Å². The van der Waals surface area contributed by atoms with Gasteiger partial charge in [-0.05, 0) is 12.3 Å². The standard InChI is InChI=1S/C9H17F2O4P/c1-7(2)4-3-5-9(10,11)8(12)6-16(13,14)15/h7H,3-6H2,1-2H3,(H2,13,14,15)/p-2. The Bertz CT molecular complexity index is 285. The lowest BCUT2D eigenvalue weighted by Gasteiger charge is -2.30. The average Bonchev–Trinajstić information content (AvgIpc) is 1.99. The molecule has 0 aromatic carbocycles. The molecule has 0 spiro atoms. The number of hydrogen-bond acceptors (Lipinski definition) is 4. The molecule has 0 rings (SSSR count). The van der Waals surface area contributed by atoms with Crippen LogP contribution >= 0.6 is 7.60 Å². The summed E-state index contributed by atoms with van der Waals surface area (Å²) in [7, 11) is -5.20. The highest BCUT2D eigenvalue weighted by Crippen LogP contribution is 2.30. The van der Waals surface area contributed by atoms with Gasteiger partial charge in [0.1, 0.15) is 0 Å². The Kier molecular flexibility index (Phi) is 5.73. The number of halogens is 2. The van der Waals surface area contributed by atoms with Crippen LogP contribution in [0, 0.1) is 5.92 Å².